The van der Waals surface area contributed by atoms with Crippen LogP contribution in [-0.4, -0.2) is 5.91 Å². The summed E-state index contributed by atoms with van der Waals surface area (Å²) in [4.78, 5) is 12.0. The van der Waals surface area contributed by atoms with Gasteiger partial charge in [0.05, 0.1) is 21.3 Å². The number of carbonyl (C=O) groups excluding carboxylic acids is 1. The third-order valence-corrected chi connectivity index (χ3v) is 3.22. The van der Waals surface area contributed by atoms with Crippen molar-refractivity contribution in [2.24, 2.45) is 0 Å². The van der Waals surface area contributed by atoms with Gasteiger partial charge in [0, 0.05) is 5.69 Å². The SMILES string of the molecule is Nc1ccccc1C(=O)Nc1cccc(Cl)c1Cl. The Bertz CT molecular complexity index is 599. The third kappa shape index (κ3) is 2.58. The van der Waals surface area contributed by atoms with Gasteiger partial charge in [0.1, 0.15) is 0 Å². The minimum Gasteiger partial charge on any atom is -0.398 e. The Kier molecular flexibility index (Phi) is 3.75. The highest BCUT2D eigenvalue weighted by Crippen LogP contribution is 2.30. The number of nitrogens with one attached hydrogen (secondary N) is 1. The number of para-hydroxylation sites is 1. The van der Waals surface area contributed by atoms with E-state index in [0.717, 1.165) is 0 Å². The van der Waals surface area contributed by atoms with E-state index in [9.17, 15) is 4.79 Å². The number of amides is 1. The lowest BCUT2D eigenvalue weighted by Crippen LogP contribution is -2.14. The van der Waals surface area contributed by atoms with Gasteiger partial charge in [-0.05, 0) is 24.3 Å². The smallest absolute Gasteiger partial charge is 0.257 e. The van der Waals surface area contributed by atoms with E-state index in [1.807, 2.05) is 0 Å². The fourth-order valence-electron chi connectivity index (χ4n) is 1.49. The molecular weight excluding hydrogens is 271 g/mol. The molecular formula is C13H10Cl2N2O. The molecule has 5 heteroatoms. The summed E-state index contributed by atoms with van der Waals surface area (Å²) in [7, 11) is 0. The van der Waals surface area contributed by atoms with Crippen molar-refractivity contribution in [2.75, 3.05) is 11.1 Å². The standard InChI is InChI=1S/C13H10Cl2N2O/c14-9-5-3-7-11(12(9)15)17-13(18)8-4-1-2-6-10(8)16/h1-7H,16H2,(H,17,18). The molecule has 0 aromatic heterocycles. The molecule has 2 aromatic carbocycles. The lowest BCUT2D eigenvalue weighted by molar-refractivity contribution is 0.102. The first kappa shape index (κ1) is 12.7. The Labute approximate surface area is 115 Å². The van der Waals surface area contributed by atoms with E-state index in [-0.39, 0.29) is 5.91 Å². The molecule has 0 unspecified atom stereocenters. The van der Waals surface area contributed by atoms with Crippen molar-refractivity contribution < 1.29 is 4.79 Å². The van der Waals surface area contributed by atoms with Gasteiger partial charge in [-0.25, -0.2) is 0 Å². The Morgan fingerprint density at radius 2 is 1.78 bits per heavy atom. The van der Waals surface area contributed by atoms with Crippen molar-refractivity contribution in [1.82, 2.24) is 0 Å². The average Bonchev–Trinajstić information content (AvgIpc) is 2.35. The molecule has 0 fully saturated rings. The molecule has 0 saturated heterocycles. The Hall–Kier alpha value is -1.71. The van der Waals surface area contributed by atoms with E-state index >= 15 is 0 Å². The zero-order valence-electron chi connectivity index (χ0n) is 9.28. The highest BCUT2D eigenvalue weighted by molar-refractivity contribution is 6.44. The maximum atomic E-state index is 12.0. The van der Waals surface area contributed by atoms with Crippen molar-refractivity contribution >= 4 is 40.5 Å². The van der Waals surface area contributed by atoms with E-state index in [2.05, 4.69) is 5.32 Å². The van der Waals surface area contributed by atoms with Crippen molar-refractivity contribution in [2.45, 2.75) is 0 Å². The van der Waals surface area contributed by atoms with Gasteiger partial charge in [0.25, 0.3) is 5.91 Å². The zero-order valence-corrected chi connectivity index (χ0v) is 10.8. The van der Waals surface area contributed by atoms with E-state index in [1.165, 1.54) is 0 Å². The fraction of sp³-hybridized carbons (Fsp3) is 0. The molecule has 3 N–H and O–H groups in total. The van der Waals surface area contributed by atoms with Gasteiger partial charge in [-0.3, -0.25) is 4.79 Å². The first-order chi connectivity index (χ1) is 8.59. The van der Waals surface area contributed by atoms with E-state index in [1.54, 1.807) is 42.5 Å². The molecule has 3 nitrogen and oxygen atoms in total. The number of hydrogen-bond acceptors (Lipinski definition) is 2. The summed E-state index contributed by atoms with van der Waals surface area (Å²) in [5.74, 6) is -0.322. The summed E-state index contributed by atoms with van der Waals surface area (Å²) in [5.41, 5.74) is 6.99. The van der Waals surface area contributed by atoms with Crippen molar-refractivity contribution in [1.29, 1.82) is 0 Å². The maximum absolute atomic E-state index is 12.0. The first-order valence-electron chi connectivity index (χ1n) is 5.19. The number of halogens is 2. The van der Waals surface area contributed by atoms with Crippen LogP contribution >= 0.6 is 23.2 Å². The molecule has 0 heterocycles. The van der Waals surface area contributed by atoms with Crippen LogP contribution in [0.4, 0.5) is 11.4 Å². The van der Waals surface area contributed by atoms with Gasteiger partial charge in [-0.15, -0.1) is 0 Å². The lowest BCUT2D eigenvalue weighted by atomic mass is 10.1. The number of benzene rings is 2. The molecule has 0 radical (unpaired) electrons. The zero-order chi connectivity index (χ0) is 13.1. The topological polar surface area (TPSA) is 55.1 Å². The minimum absolute atomic E-state index is 0.307. The molecule has 0 aliphatic rings. The second-order valence-corrected chi connectivity index (χ2v) is 4.43. The summed E-state index contributed by atoms with van der Waals surface area (Å²) < 4.78 is 0. The number of nitrogen functional groups attached to an aromatic ring is 1. The Balaban J connectivity index is 2.27. The molecule has 18 heavy (non-hydrogen) atoms. The number of anilines is 2. The quantitative estimate of drug-likeness (QED) is 0.822. The molecule has 0 saturated carbocycles. The third-order valence-electron chi connectivity index (χ3n) is 2.41. The molecule has 1 amide bonds. The highest BCUT2D eigenvalue weighted by Gasteiger charge is 2.11. The largest absolute Gasteiger partial charge is 0.398 e. The van der Waals surface area contributed by atoms with Crippen LogP contribution in [0, 0.1) is 0 Å². The van der Waals surface area contributed by atoms with Crippen LogP contribution in [0.15, 0.2) is 42.5 Å². The normalized spacial score (nSPS) is 10.1. The number of nitrogens with two attached hydrogens (primary N) is 1. The van der Waals surface area contributed by atoms with Crippen LogP contribution in [0.2, 0.25) is 10.0 Å². The van der Waals surface area contributed by atoms with Crippen molar-refractivity contribution in [3.05, 3.63) is 58.1 Å². The number of rotatable bonds is 2. The second kappa shape index (κ2) is 5.29. The van der Waals surface area contributed by atoms with Crippen LogP contribution in [0.3, 0.4) is 0 Å². The molecule has 0 atom stereocenters. The molecule has 0 spiro atoms. The van der Waals surface area contributed by atoms with Crippen molar-refractivity contribution in [3.63, 3.8) is 0 Å². The predicted octanol–water partition coefficient (Wildman–Crippen LogP) is 3.83. The minimum atomic E-state index is -0.322. The van der Waals surface area contributed by atoms with Gasteiger partial charge in [-0.1, -0.05) is 41.4 Å². The Morgan fingerprint density at radius 3 is 2.50 bits per heavy atom. The van der Waals surface area contributed by atoms with E-state index in [4.69, 9.17) is 28.9 Å². The molecule has 2 aromatic rings. The van der Waals surface area contributed by atoms with Crippen LogP contribution < -0.4 is 11.1 Å². The summed E-state index contributed by atoms with van der Waals surface area (Å²) in [6.45, 7) is 0. The van der Waals surface area contributed by atoms with Crippen LogP contribution in [0.25, 0.3) is 0 Å². The molecule has 2 rings (SSSR count). The van der Waals surface area contributed by atoms with Crippen LogP contribution in [0.5, 0.6) is 0 Å². The van der Waals surface area contributed by atoms with Gasteiger partial charge in [0.2, 0.25) is 0 Å². The van der Waals surface area contributed by atoms with E-state index in [0.29, 0.717) is 27.0 Å². The summed E-state index contributed by atoms with van der Waals surface area (Å²) in [6, 6.07) is 11.8. The molecule has 0 aliphatic heterocycles. The van der Waals surface area contributed by atoms with Gasteiger partial charge >= 0.3 is 0 Å². The van der Waals surface area contributed by atoms with Crippen LogP contribution in [-0.2, 0) is 0 Å². The van der Waals surface area contributed by atoms with E-state index < -0.39 is 0 Å². The number of hydrogen-bond donors (Lipinski definition) is 2. The highest BCUT2D eigenvalue weighted by atomic mass is 35.5. The fourth-order valence-corrected chi connectivity index (χ4v) is 1.84. The first-order valence-corrected chi connectivity index (χ1v) is 5.95. The molecule has 0 bridgehead atoms. The van der Waals surface area contributed by atoms with Gasteiger partial charge in [0.15, 0.2) is 0 Å². The second-order valence-electron chi connectivity index (χ2n) is 3.64. The van der Waals surface area contributed by atoms with Crippen LogP contribution in [0.1, 0.15) is 10.4 Å². The Morgan fingerprint density at radius 1 is 1.06 bits per heavy atom. The summed E-state index contributed by atoms with van der Waals surface area (Å²) in [6.07, 6.45) is 0. The average molecular weight is 281 g/mol. The number of carbonyl (C=O) groups is 1. The molecule has 0 aliphatic carbocycles. The summed E-state index contributed by atoms with van der Waals surface area (Å²) >= 11 is 11.9. The monoisotopic (exact) mass is 280 g/mol. The van der Waals surface area contributed by atoms with Gasteiger partial charge in [-0.2, -0.15) is 0 Å². The maximum Gasteiger partial charge on any atom is 0.257 e. The van der Waals surface area contributed by atoms with Gasteiger partial charge < -0.3 is 11.1 Å². The molecule has 92 valence electrons. The lowest BCUT2D eigenvalue weighted by Gasteiger charge is -2.09. The summed E-state index contributed by atoms with van der Waals surface area (Å²) in [5, 5.41) is 3.36. The van der Waals surface area contributed by atoms with Crippen molar-refractivity contribution in [3.8, 4) is 0 Å². The predicted molar refractivity (Wildman–Crippen MR) is 75.3 cm³/mol.